The molecule has 2 amide bonds. The second-order valence-corrected chi connectivity index (χ2v) is 9.88. The van der Waals surface area contributed by atoms with E-state index in [1.165, 1.54) is 5.56 Å². The van der Waals surface area contributed by atoms with Gasteiger partial charge in [-0.1, -0.05) is 68.4 Å². The van der Waals surface area contributed by atoms with Crippen molar-refractivity contribution in [3.05, 3.63) is 113 Å². The molecular weight excluding hydrogens is 474 g/mol. The minimum Gasteiger partial charge on any atom is -0.455 e. The molecule has 1 aromatic heterocycles. The van der Waals surface area contributed by atoms with Crippen LogP contribution in [0, 0.1) is 6.92 Å². The van der Waals surface area contributed by atoms with Gasteiger partial charge < -0.3 is 9.73 Å². The normalized spacial score (nSPS) is 13.8. The molecule has 6 nitrogen and oxygen atoms in total. The van der Waals surface area contributed by atoms with Crippen LogP contribution in [-0.4, -0.2) is 17.5 Å². The number of hydrazone groups is 1. The zero-order valence-corrected chi connectivity index (χ0v) is 21.9. The van der Waals surface area contributed by atoms with Gasteiger partial charge in [0, 0.05) is 28.8 Å². The van der Waals surface area contributed by atoms with Gasteiger partial charge in [0.05, 0.1) is 5.71 Å². The predicted octanol–water partition coefficient (Wildman–Crippen LogP) is 7.10. The van der Waals surface area contributed by atoms with E-state index in [-0.39, 0.29) is 17.6 Å². The van der Waals surface area contributed by atoms with E-state index >= 15 is 0 Å². The second kappa shape index (κ2) is 10.9. The number of anilines is 1. The van der Waals surface area contributed by atoms with Gasteiger partial charge in [0.15, 0.2) is 5.76 Å². The summed E-state index contributed by atoms with van der Waals surface area (Å²) in [5.74, 6) is 0.851. The molecule has 0 radical (unpaired) electrons. The molecule has 192 valence electrons. The number of rotatable bonds is 6. The van der Waals surface area contributed by atoms with Gasteiger partial charge in [-0.2, -0.15) is 5.10 Å². The van der Waals surface area contributed by atoms with Gasteiger partial charge in [0.2, 0.25) is 0 Å². The summed E-state index contributed by atoms with van der Waals surface area (Å²) in [4.78, 5) is 25.9. The SMILES string of the molecule is Cc1c(C(=O)Nc2ccc(C(C)C)cc2)oc2c1/C(=N/NC(=O)c1ccc(-c3ccccc3)cc1)CCC2. The molecule has 38 heavy (non-hydrogen) atoms. The molecule has 0 saturated heterocycles. The van der Waals surface area contributed by atoms with E-state index in [1.807, 2.05) is 73.7 Å². The van der Waals surface area contributed by atoms with Gasteiger partial charge in [-0.25, -0.2) is 5.43 Å². The molecule has 0 bridgehead atoms. The van der Waals surface area contributed by atoms with Crippen LogP contribution >= 0.6 is 0 Å². The molecule has 5 rings (SSSR count). The van der Waals surface area contributed by atoms with Crippen LogP contribution in [0.3, 0.4) is 0 Å². The minimum atomic E-state index is -0.295. The van der Waals surface area contributed by atoms with Gasteiger partial charge in [-0.15, -0.1) is 0 Å². The van der Waals surface area contributed by atoms with E-state index in [4.69, 9.17) is 4.42 Å². The van der Waals surface area contributed by atoms with Crippen LogP contribution in [0.15, 0.2) is 88.4 Å². The molecule has 0 atom stereocenters. The maximum absolute atomic E-state index is 13.0. The number of aryl methyl sites for hydroxylation is 1. The fraction of sp³-hybridized carbons (Fsp3) is 0.219. The Labute approximate surface area is 222 Å². The number of benzene rings is 3. The first-order chi connectivity index (χ1) is 18.4. The highest BCUT2D eigenvalue weighted by Gasteiger charge is 2.28. The highest BCUT2D eigenvalue weighted by atomic mass is 16.4. The van der Waals surface area contributed by atoms with Crippen molar-refractivity contribution in [2.45, 2.75) is 46.0 Å². The molecule has 0 saturated carbocycles. The molecule has 0 unspecified atom stereocenters. The summed E-state index contributed by atoms with van der Waals surface area (Å²) in [5.41, 5.74) is 9.56. The van der Waals surface area contributed by atoms with Crippen LogP contribution in [0.4, 0.5) is 5.69 Å². The van der Waals surface area contributed by atoms with E-state index in [0.717, 1.165) is 46.6 Å². The van der Waals surface area contributed by atoms with Crippen molar-refractivity contribution in [3.8, 4) is 11.1 Å². The van der Waals surface area contributed by atoms with Gasteiger partial charge >= 0.3 is 0 Å². The summed E-state index contributed by atoms with van der Waals surface area (Å²) in [5, 5.41) is 7.39. The van der Waals surface area contributed by atoms with Crippen LogP contribution in [0.25, 0.3) is 11.1 Å². The Morgan fingerprint density at radius 1 is 0.842 bits per heavy atom. The average molecular weight is 506 g/mol. The Balaban J connectivity index is 1.30. The van der Waals surface area contributed by atoms with E-state index in [1.54, 1.807) is 12.1 Å². The van der Waals surface area contributed by atoms with Crippen LogP contribution in [0.5, 0.6) is 0 Å². The molecular formula is C32H31N3O3. The largest absolute Gasteiger partial charge is 0.455 e. The molecule has 4 aromatic rings. The van der Waals surface area contributed by atoms with Crippen LogP contribution in [0.1, 0.15) is 76.0 Å². The summed E-state index contributed by atoms with van der Waals surface area (Å²) in [7, 11) is 0. The van der Waals surface area contributed by atoms with Gasteiger partial charge in [-0.3, -0.25) is 9.59 Å². The monoisotopic (exact) mass is 505 g/mol. The average Bonchev–Trinajstić information content (AvgIpc) is 3.29. The first kappa shape index (κ1) is 25.2. The molecule has 3 aromatic carbocycles. The maximum Gasteiger partial charge on any atom is 0.291 e. The number of nitrogens with one attached hydrogen (secondary N) is 2. The molecule has 1 aliphatic rings. The van der Waals surface area contributed by atoms with Crippen molar-refractivity contribution in [2.75, 3.05) is 5.32 Å². The molecule has 6 heteroatoms. The quantitative estimate of drug-likeness (QED) is 0.274. The summed E-state index contributed by atoms with van der Waals surface area (Å²) >= 11 is 0. The maximum atomic E-state index is 13.0. The standard InChI is InChI=1S/C32H31N3O3/c1-20(2)22-16-18-26(19-17-22)33-32(37)30-21(3)29-27(10-7-11-28(29)38-30)34-35-31(36)25-14-12-24(13-15-25)23-8-5-4-6-9-23/h4-6,8-9,12-20H,7,10-11H2,1-3H3,(H,33,37)(H,35,36)/b34-27+. The highest BCUT2D eigenvalue weighted by molar-refractivity contribution is 6.09. The van der Waals surface area contributed by atoms with E-state index < -0.39 is 0 Å². The highest BCUT2D eigenvalue weighted by Crippen LogP contribution is 2.30. The Hall–Kier alpha value is -4.45. The van der Waals surface area contributed by atoms with E-state index in [2.05, 4.69) is 29.7 Å². The lowest BCUT2D eigenvalue weighted by Gasteiger charge is -2.13. The predicted molar refractivity (Wildman–Crippen MR) is 151 cm³/mol. The number of hydrogen-bond donors (Lipinski definition) is 2. The Bertz CT molecular complexity index is 1480. The van der Waals surface area contributed by atoms with E-state index in [9.17, 15) is 9.59 Å². The topological polar surface area (TPSA) is 83.7 Å². The Morgan fingerprint density at radius 2 is 1.53 bits per heavy atom. The van der Waals surface area contributed by atoms with Crippen LogP contribution < -0.4 is 10.7 Å². The second-order valence-electron chi connectivity index (χ2n) is 9.88. The van der Waals surface area contributed by atoms with E-state index in [0.29, 0.717) is 23.6 Å². The summed E-state index contributed by atoms with van der Waals surface area (Å²) in [6.07, 6.45) is 2.25. The molecule has 2 N–H and O–H groups in total. The Morgan fingerprint density at radius 3 is 2.21 bits per heavy atom. The fourth-order valence-electron chi connectivity index (χ4n) is 4.76. The molecule has 0 aliphatic heterocycles. The third-order valence-electron chi connectivity index (χ3n) is 6.91. The summed E-state index contributed by atoms with van der Waals surface area (Å²) in [6.45, 7) is 6.13. The molecule has 1 aliphatic carbocycles. The number of furan rings is 1. The van der Waals surface area contributed by atoms with Crippen LogP contribution in [-0.2, 0) is 6.42 Å². The lowest BCUT2D eigenvalue weighted by molar-refractivity contribution is 0.0953. The Kier molecular flexibility index (Phi) is 7.22. The number of fused-ring (bicyclic) bond motifs is 1. The van der Waals surface area contributed by atoms with Gasteiger partial charge in [-0.05, 0) is 66.6 Å². The lowest BCUT2D eigenvalue weighted by Crippen LogP contribution is -2.22. The smallest absolute Gasteiger partial charge is 0.291 e. The van der Waals surface area contributed by atoms with Crippen LogP contribution in [0.2, 0.25) is 0 Å². The third-order valence-corrected chi connectivity index (χ3v) is 6.91. The minimum absolute atomic E-state index is 0.278. The number of nitrogens with zero attached hydrogens (tertiary/aromatic N) is 1. The first-order valence-corrected chi connectivity index (χ1v) is 13.0. The van der Waals surface area contributed by atoms with Crippen molar-refractivity contribution >= 4 is 23.2 Å². The number of carbonyl (C=O) groups excluding carboxylic acids is 2. The number of hydrogen-bond acceptors (Lipinski definition) is 4. The number of carbonyl (C=O) groups is 2. The molecule has 1 heterocycles. The first-order valence-electron chi connectivity index (χ1n) is 13.0. The summed E-state index contributed by atoms with van der Waals surface area (Å²) in [6, 6.07) is 25.3. The fourth-order valence-corrected chi connectivity index (χ4v) is 4.76. The van der Waals surface area contributed by atoms with Crippen molar-refractivity contribution in [1.29, 1.82) is 0 Å². The van der Waals surface area contributed by atoms with Crippen molar-refractivity contribution in [1.82, 2.24) is 5.43 Å². The zero-order valence-electron chi connectivity index (χ0n) is 21.9. The van der Waals surface area contributed by atoms with Gasteiger partial charge in [0.25, 0.3) is 11.8 Å². The van der Waals surface area contributed by atoms with Crippen molar-refractivity contribution < 1.29 is 14.0 Å². The molecule has 0 fully saturated rings. The third kappa shape index (κ3) is 5.30. The number of amides is 2. The lowest BCUT2D eigenvalue weighted by atomic mass is 9.93. The molecule has 0 spiro atoms. The van der Waals surface area contributed by atoms with Crippen molar-refractivity contribution in [3.63, 3.8) is 0 Å². The van der Waals surface area contributed by atoms with Crippen molar-refractivity contribution in [2.24, 2.45) is 5.10 Å². The van der Waals surface area contributed by atoms with Gasteiger partial charge in [0.1, 0.15) is 5.76 Å². The zero-order chi connectivity index (χ0) is 26.6. The summed E-state index contributed by atoms with van der Waals surface area (Å²) < 4.78 is 6.00.